The molecule has 0 amide bonds. The molecule has 15 heavy (non-hydrogen) atoms. The average molecular weight is 205 g/mol. The van der Waals surface area contributed by atoms with E-state index in [1.54, 1.807) is 18.2 Å². The number of hydrogen-bond acceptors (Lipinski definition) is 4. The van der Waals surface area contributed by atoms with Crippen molar-refractivity contribution in [2.75, 3.05) is 14.2 Å². The number of carbonyl (C=O) groups excluding carboxylic acids is 1. The van der Waals surface area contributed by atoms with Crippen molar-refractivity contribution < 1.29 is 14.3 Å². The highest BCUT2D eigenvalue weighted by molar-refractivity contribution is 5.69. The highest BCUT2D eigenvalue weighted by Crippen LogP contribution is 2.29. The number of rotatable bonds is 4. The standard InChI is InChI=1S/C11H11NO3/c1-14-9-3-4-11(15-2)10(5-9)8(6-12)7-13/h3-5,7-8H,1-2H3. The molecule has 1 atom stereocenters. The van der Waals surface area contributed by atoms with Crippen LogP contribution in [-0.2, 0) is 4.79 Å². The van der Waals surface area contributed by atoms with Crippen molar-refractivity contribution in [2.24, 2.45) is 0 Å². The molecule has 0 aliphatic heterocycles. The third kappa shape index (κ3) is 2.26. The monoisotopic (exact) mass is 205 g/mol. The quantitative estimate of drug-likeness (QED) is 0.699. The normalized spacial score (nSPS) is 11.3. The maximum absolute atomic E-state index is 10.7. The van der Waals surface area contributed by atoms with Crippen molar-refractivity contribution in [3.05, 3.63) is 23.8 Å². The maximum atomic E-state index is 10.7. The predicted octanol–water partition coefficient (Wildman–Crippen LogP) is 1.51. The molecule has 0 heterocycles. The van der Waals surface area contributed by atoms with Gasteiger partial charge in [0.05, 0.1) is 20.3 Å². The molecule has 0 aliphatic rings. The highest BCUT2D eigenvalue weighted by Gasteiger charge is 2.15. The minimum absolute atomic E-state index is 0.509. The zero-order valence-corrected chi connectivity index (χ0v) is 8.56. The van der Waals surface area contributed by atoms with Gasteiger partial charge in [0.25, 0.3) is 0 Å². The number of nitrogens with zero attached hydrogens (tertiary/aromatic N) is 1. The lowest BCUT2D eigenvalue weighted by atomic mass is 10.0. The molecule has 78 valence electrons. The lowest BCUT2D eigenvalue weighted by molar-refractivity contribution is -0.108. The van der Waals surface area contributed by atoms with Gasteiger partial charge in [-0.1, -0.05) is 0 Å². The highest BCUT2D eigenvalue weighted by atomic mass is 16.5. The van der Waals surface area contributed by atoms with E-state index in [1.165, 1.54) is 14.2 Å². The second kappa shape index (κ2) is 5.01. The fourth-order valence-electron chi connectivity index (χ4n) is 1.26. The molecule has 0 bridgehead atoms. The molecule has 1 rings (SSSR count). The number of benzene rings is 1. The minimum atomic E-state index is -0.824. The molecule has 0 N–H and O–H groups in total. The van der Waals surface area contributed by atoms with Crippen molar-refractivity contribution in [1.29, 1.82) is 5.26 Å². The molecule has 0 saturated heterocycles. The minimum Gasteiger partial charge on any atom is -0.497 e. The van der Waals surface area contributed by atoms with Crippen LogP contribution in [0.5, 0.6) is 11.5 Å². The Hall–Kier alpha value is -2.02. The first-order valence-electron chi connectivity index (χ1n) is 4.33. The summed E-state index contributed by atoms with van der Waals surface area (Å²) < 4.78 is 10.1. The molecular weight excluding hydrogens is 194 g/mol. The summed E-state index contributed by atoms with van der Waals surface area (Å²) in [5, 5.41) is 8.79. The summed E-state index contributed by atoms with van der Waals surface area (Å²) in [6.07, 6.45) is 0.581. The zero-order valence-electron chi connectivity index (χ0n) is 8.56. The summed E-state index contributed by atoms with van der Waals surface area (Å²) in [5.41, 5.74) is 0.523. The number of hydrogen-bond donors (Lipinski definition) is 0. The van der Waals surface area contributed by atoms with E-state index in [0.717, 1.165) is 0 Å². The topological polar surface area (TPSA) is 59.3 Å². The fraction of sp³-hybridized carbons (Fsp3) is 0.273. The van der Waals surface area contributed by atoms with Gasteiger partial charge in [-0.25, -0.2) is 0 Å². The number of carbonyl (C=O) groups is 1. The lowest BCUT2D eigenvalue weighted by Gasteiger charge is -2.10. The second-order valence-corrected chi connectivity index (χ2v) is 2.85. The van der Waals surface area contributed by atoms with Crippen molar-refractivity contribution in [1.82, 2.24) is 0 Å². The van der Waals surface area contributed by atoms with Crippen LogP contribution in [0.25, 0.3) is 0 Å². The van der Waals surface area contributed by atoms with Crippen LogP contribution in [0.4, 0.5) is 0 Å². The van der Waals surface area contributed by atoms with E-state index in [2.05, 4.69) is 0 Å². The number of aldehydes is 1. The molecule has 1 aromatic carbocycles. The van der Waals surface area contributed by atoms with E-state index in [1.807, 2.05) is 6.07 Å². The Balaban J connectivity index is 3.23. The summed E-state index contributed by atoms with van der Waals surface area (Å²) >= 11 is 0. The molecule has 4 heteroatoms. The van der Waals surface area contributed by atoms with Crippen molar-refractivity contribution >= 4 is 6.29 Å². The molecule has 0 aliphatic carbocycles. The van der Waals surface area contributed by atoms with Gasteiger partial charge in [-0.05, 0) is 18.2 Å². The SMILES string of the molecule is COc1ccc(OC)c(C(C#N)C=O)c1. The summed E-state index contributed by atoms with van der Waals surface area (Å²) in [6, 6.07) is 6.90. The van der Waals surface area contributed by atoms with Crippen molar-refractivity contribution in [2.45, 2.75) is 5.92 Å². The Morgan fingerprint density at radius 3 is 2.60 bits per heavy atom. The maximum Gasteiger partial charge on any atom is 0.141 e. The van der Waals surface area contributed by atoms with E-state index in [4.69, 9.17) is 14.7 Å². The third-order valence-corrected chi connectivity index (χ3v) is 2.05. The molecular formula is C11H11NO3. The first-order chi connectivity index (χ1) is 7.26. The van der Waals surface area contributed by atoms with E-state index in [9.17, 15) is 4.79 Å². The van der Waals surface area contributed by atoms with Gasteiger partial charge in [0.2, 0.25) is 0 Å². The average Bonchev–Trinajstić information content (AvgIpc) is 2.30. The Morgan fingerprint density at radius 1 is 1.40 bits per heavy atom. The predicted molar refractivity (Wildman–Crippen MR) is 54.0 cm³/mol. The first-order valence-corrected chi connectivity index (χ1v) is 4.33. The van der Waals surface area contributed by atoms with Gasteiger partial charge in [0.1, 0.15) is 23.7 Å². The van der Waals surface area contributed by atoms with E-state index >= 15 is 0 Å². The summed E-state index contributed by atoms with van der Waals surface area (Å²) in [7, 11) is 3.01. The summed E-state index contributed by atoms with van der Waals surface area (Å²) in [4.78, 5) is 10.7. The lowest BCUT2D eigenvalue weighted by Crippen LogP contribution is -2.01. The Kier molecular flexibility index (Phi) is 3.69. The first kappa shape index (κ1) is 11.1. The van der Waals surface area contributed by atoms with Crippen LogP contribution in [0, 0.1) is 11.3 Å². The van der Waals surface area contributed by atoms with E-state index in [0.29, 0.717) is 23.3 Å². The summed E-state index contributed by atoms with van der Waals surface area (Å²) in [6.45, 7) is 0. The van der Waals surface area contributed by atoms with Gasteiger partial charge in [-0.2, -0.15) is 5.26 Å². The smallest absolute Gasteiger partial charge is 0.141 e. The van der Waals surface area contributed by atoms with Crippen LogP contribution < -0.4 is 9.47 Å². The van der Waals surface area contributed by atoms with Crippen LogP contribution in [0.3, 0.4) is 0 Å². The van der Waals surface area contributed by atoms with E-state index in [-0.39, 0.29) is 0 Å². The molecule has 4 nitrogen and oxygen atoms in total. The molecule has 0 fully saturated rings. The van der Waals surface area contributed by atoms with Crippen LogP contribution >= 0.6 is 0 Å². The van der Waals surface area contributed by atoms with Gasteiger partial charge in [0.15, 0.2) is 0 Å². The Morgan fingerprint density at radius 2 is 2.13 bits per heavy atom. The zero-order chi connectivity index (χ0) is 11.3. The van der Waals surface area contributed by atoms with Gasteiger partial charge < -0.3 is 14.3 Å². The molecule has 0 spiro atoms. The number of nitriles is 1. The Labute approximate surface area is 88.0 Å². The molecule has 0 radical (unpaired) electrons. The van der Waals surface area contributed by atoms with Crippen LogP contribution in [0.15, 0.2) is 18.2 Å². The van der Waals surface area contributed by atoms with Crippen LogP contribution in [0.1, 0.15) is 11.5 Å². The second-order valence-electron chi connectivity index (χ2n) is 2.85. The number of methoxy groups -OCH3 is 2. The van der Waals surface area contributed by atoms with Gasteiger partial charge in [-0.3, -0.25) is 0 Å². The largest absolute Gasteiger partial charge is 0.497 e. The third-order valence-electron chi connectivity index (χ3n) is 2.05. The molecule has 1 aromatic rings. The van der Waals surface area contributed by atoms with Gasteiger partial charge in [0, 0.05) is 5.56 Å². The Bertz CT molecular complexity index is 395. The van der Waals surface area contributed by atoms with Crippen LogP contribution in [0.2, 0.25) is 0 Å². The van der Waals surface area contributed by atoms with E-state index < -0.39 is 5.92 Å². The summed E-state index contributed by atoms with van der Waals surface area (Å²) in [5.74, 6) is 0.275. The van der Waals surface area contributed by atoms with Crippen molar-refractivity contribution in [3.8, 4) is 17.6 Å². The van der Waals surface area contributed by atoms with Gasteiger partial charge >= 0.3 is 0 Å². The van der Waals surface area contributed by atoms with Crippen LogP contribution in [-0.4, -0.2) is 20.5 Å². The number of ether oxygens (including phenoxy) is 2. The van der Waals surface area contributed by atoms with Crippen molar-refractivity contribution in [3.63, 3.8) is 0 Å². The molecule has 1 unspecified atom stereocenters. The molecule has 0 aromatic heterocycles. The fourth-order valence-corrected chi connectivity index (χ4v) is 1.26. The van der Waals surface area contributed by atoms with Gasteiger partial charge in [-0.15, -0.1) is 0 Å². The molecule has 0 saturated carbocycles.